The van der Waals surface area contributed by atoms with Crippen LogP contribution in [0.4, 0.5) is 0 Å². The van der Waals surface area contributed by atoms with Gasteiger partial charge in [0.2, 0.25) is 0 Å². The van der Waals surface area contributed by atoms with E-state index < -0.39 is 0 Å². The van der Waals surface area contributed by atoms with Crippen molar-refractivity contribution in [3.63, 3.8) is 0 Å². The molecule has 4 heteroatoms. The molecule has 0 amide bonds. The van der Waals surface area contributed by atoms with Crippen LogP contribution in [-0.2, 0) is 6.54 Å². The van der Waals surface area contributed by atoms with Crippen molar-refractivity contribution in [2.24, 2.45) is 10.8 Å². The van der Waals surface area contributed by atoms with Crippen LogP contribution in [-0.4, -0.2) is 16.9 Å². The van der Waals surface area contributed by atoms with Gasteiger partial charge in [-0.1, -0.05) is 23.7 Å². The van der Waals surface area contributed by atoms with Crippen LogP contribution in [0.2, 0.25) is 5.02 Å². The average Bonchev–Trinajstić information content (AvgIpc) is 2.49. The van der Waals surface area contributed by atoms with Crippen molar-refractivity contribution < 1.29 is 0 Å². The van der Waals surface area contributed by atoms with E-state index in [4.69, 9.17) is 17.3 Å². The predicted molar refractivity (Wildman–Crippen MR) is 62.7 cm³/mol. The molecule has 0 saturated heterocycles. The molecule has 0 saturated carbocycles. The van der Waals surface area contributed by atoms with E-state index in [-0.39, 0.29) is 0 Å². The summed E-state index contributed by atoms with van der Waals surface area (Å²) in [5.41, 5.74) is 6.88. The Hall–Kier alpha value is -1.22. The lowest BCUT2D eigenvalue weighted by atomic mass is 10.2. The van der Waals surface area contributed by atoms with Crippen molar-refractivity contribution in [1.82, 2.24) is 5.01 Å². The van der Waals surface area contributed by atoms with E-state index in [9.17, 15) is 0 Å². The lowest BCUT2D eigenvalue weighted by molar-refractivity contribution is 0.236. The fraction of sp³-hybridized carbons (Fsp3) is 0.364. The third-order valence-electron chi connectivity index (χ3n) is 2.53. The van der Waals surface area contributed by atoms with Crippen molar-refractivity contribution in [2.45, 2.75) is 25.9 Å². The van der Waals surface area contributed by atoms with Gasteiger partial charge in [-0.25, -0.2) is 0 Å². The van der Waals surface area contributed by atoms with Gasteiger partial charge in [0.1, 0.15) is 5.84 Å². The number of rotatable bonds is 2. The highest BCUT2D eigenvalue weighted by molar-refractivity contribution is 6.30. The molecule has 1 unspecified atom stereocenters. The number of hydrogen-bond acceptors (Lipinski definition) is 3. The molecule has 1 aromatic carbocycles. The van der Waals surface area contributed by atoms with E-state index in [0.29, 0.717) is 6.04 Å². The van der Waals surface area contributed by atoms with Gasteiger partial charge < -0.3 is 5.73 Å². The number of amidine groups is 1. The smallest absolute Gasteiger partial charge is 0.121 e. The highest BCUT2D eigenvalue weighted by Gasteiger charge is 2.20. The highest BCUT2D eigenvalue weighted by Crippen LogP contribution is 2.17. The zero-order valence-electron chi connectivity index (χ0n) is 8.65. The first-order valence-electron chi connectivity index (χ1n) is 4.99. The second-order valence-electron chi connectivity index (χ2n) is 3.87. The molecule has 1 aliphatic heterocycles. The van der Waals surface area contributed by atoms with Crippen LogP contribution in [0.3, 0.4) is 0 Å². The van der Waals surface area contributed by atoms with Gasteiger partial charge in [-0.05, 0) is 24.6 Å². The Balaban J connectivity index is 2.06. The summed E-state index contributed by atoms with van der Waals surface area (Å²) in [7, 11) is 0. The Morgan fingerprint density at radius 3 is 2.67 bits per heavy atom. The summed E-state index contributed by atoms with van der Waals surface area (Å²) in [5.74, 6) is 0.719. The van der Waals surface area contributed by atoms with Crippen LogP contribution in [0, 0.1) is 0 Å². The second-order valence-corrected chi connectivity index (χ2v) is 4.30. The fourth-order valence-corrected chi connectivity index (χ4v) is 1.81. The summed E-state index contributed by atoms with van der Waals surface area (Å²) in [4.78, 5) is 0. The van der Waals surface area contributed by atoms with Crippen LogP contribution < -0.4 is 5.73 Å². The molecule has 1 aliphatic rings. The first kappa shape index (κ1) is 10.3. The SMILES string of the molecule is CC1CC(N)=NN1Cc1ccc(Cl)cc1. The maximum atomic E-state index is 5.82. The van der Waals surface area contributed by atoms with E-state index in [1.165, 1.54) is 5.56 Å². The highest BCUT2D eigenvalue weighted by atomic mass is 35.5. The van der Waals surface area contributed by atoms with Gasteiger partial charge in [0.15, 0.2) is 0 Å². The molecule has 1 heterocycles. The molecule has 0 fully saturated rings. The molecule has 0 spiro atoms. The van der Waals surface area contributed by atoms with Crippen LogP contribution in [0.15, 0.2) is 29.4 Å². The predicted octanol–water partition coefficient (Wildman–Crippen LogP) is 2.21. The quantitative estimate of drug-likeness (QED) is 0.835. The molecule has 0 aliphatic carbocycles. The zero-order chi connectivity index (χ0) is 10.8. The number of halogens is 1. The Morgan fingerprint density at radius 1 is 1.47 bits per heavy atom. The summed E-state index contributed by atoms with van der Waals surface area (Å²) in [6, 6.07) is 8.20. The largest absolute Gasteiger partial charge is 0.386 e. The minimum Gasteiger partial charge on any atom is -0.386 e. The molecule has 2 rings (SSSR count). The minimum atomic E-state index is 0.390. The van der Waals surface area contributed by atoms with Crippen molar-refractivity contribution in [2.75, 3.05) is 0 Å². The third kappa shape index (κ3) is 2.42. The first-order valence-corrected chi connectivity index (χ1v) is 5.37. The molecule has 2 N–H and O–H groups in total. The van der Waals surface area contributed by atoms with Gasteiger partial charge in [0.25, 0.3) is 0 Å². The summed E-state index contributed by atoms with van der Waals surface area (Å²) in [6.07, 6.45) is 0.855. The van der Waals surface area contributed by atoms with E-state index in [1.54, 1.807) is 0 Å². The number of hydrogen-bond donors (Lipinski definition) is 1. The topological polar surface area (TPSA) is 41.6 Å². The number of nitrogens with two attached hydrogens (primary N) is 1. The fourth-order valence-electron chi connectivity index (χ4n) is 1.68. The number of nitrogens with zero attached hydrogens (tertiary/aromatic N) is 2. The lowest BCUT2D eigenvalue weighted by Gasteiger charge is -2.19. The van der Waals surface area contributed by atoms with E-state index in [0.717, 1.165) is 23.8 Å². The van der Waals surface area contributed by atoms with Gasteiger partial charge in [-0.15, -0.1) is 0 Å². The lowest BCUT2D eigenvalue weighted by Crippen LogP contribution is -2.23. The molecule has 1 aromatic rings. The average molecular weight is 224 g/mol. The number of hydrazone groups is 1. The van der Waals surface area contributed by atoms with E-state index in [2.05, 4.69) is 12.0 Å². The summed E-state index contributed by atoms with van der Waals surface area (Å²) < 4.78 is 0. The molecule has 15 heavy (non-hydrogen) atoms. The Kier molecular flexibility index (Phi) is 2.82. The Morgan fingerprint density at radius 2 is 2.13 bits per heavy atom. The molecule has 0 bridgehead atoms. The molecular formula is C11H14ClN3. The molecule has 0 aromatic heterocycles. The standard InChI is InChI=1S/C11H14ClN3/c1-8-6-11(13)14-15(8)7-9-2-4-10(12)5-3-9/h2-5,8H,6-7H2,1H3,(H2,13,14). The number of benzene rings is 1. The van der Waals surface area contributed by atoms with Crippen molar-refractivity contribution >= 4 is 17.4 Å². The third-order valence-corrected chi connectivity index (χ3v) is 2.78. The zero-order valence-corrected chi connectivity index (χ0v) is 9.41. The Bertz CT molecular complexity index is 372. The van der Waals surface area contributed by atoms with Crippen molar-refractivity contribution in [1.29, 1.82) is 0 Å². The van der Waals surface area contributed by atoms with Crippen LogP contribution in [0.1, 0.15) is 18.9 Å². The van der Waals surface area contributed by atoms with Crippen LogP contribution in [0.25, 0.3) is 0 Å². The van der Waals surface area contributed by atoms with Gasteiger partial charge in [0.05, 0.1) is 12.6 Å². The maximum Gasteiger partial charge on any atom is 0.121 e. The van der Waals surface area contributed by atoms with E-state index >= 15 is 0 Å². The summed E-state index contributed by atoms with van der Waals surface area (Å²) >= 11 is 5.82. The van der Waals surface area contributed by atoms with Gasteiger partial charge in [0, 0.05) is 11.4 Å². The minimum absolute atomic E-state index is 0.390. The molecule has 80 valence electrons. The van der Waals surface area contributed by atoms with Gasteiger partial charge in [-0.3, -0.25) is 5.01 Å². The van der Waals surface area contributed by atoms with Gasteiger partial charge >= 0.3 is 0 Å². The van der Waals surface area contributed by atoms with Gasteiger partial charge in [-0.2, -0.15) is 5.10 Å². The monoisotopic (exact) mass is 223 g/mol. The van der Waals surface area contributed by atoms with Crippen molar-refractivity contribution in [3.8, 4) is 0 Å². The molecule has 0 radical (unpaired) electrons. The maximum absolute atomic E-state index is 5.82. The van der Waals surface area contributed by atoms with Crippen molar-refractivity contribution in [3.05, 3.63) is 34.9 Å². The van der Waals surface area contributed by atoms with Crippen LogP contribution in [0.5, 0.6) is 0 Å². The summed E-state index contributed by atoms with van der Waals surface area (Å²) in [5, 5.41) is 7.05. The first-order chi connectivity index (χ1) is 7.15. The van der Waals surface area contributed by atoms with E-state index in [1.807, 2.05) is 29.3 Å². The molecule has 1 atom stereocenters. The molecule has 3 nitrogen and oxygen atoms in total. The molecular weight excluding hydrogens is 210 g/mol. The van der Waals surface area contributed by atoms with Crippen LogP contribution >= 0.6 is 11.6 Å². The Labute approximate surface area is 94.5 Å². The normalized spacial score (nSPS) is 20.5. The summed E-state index contributed by atoms with van der Waals surface area (Å²) in [6.45, 7) is 2.91. The second kappa shape index (κ2) is 4.11.